The molecule has 0 amide bonds. The van der Waals surface area contributed by atoms with Crippen molar-refractivity contribution in [3.8, 4) is 6.07 Å². The molecular formula is C14H15N3OS. The topological polar surface area (TPSA) is 68.9 Å². The molecule has 0 unspecified atom stereocenters. The maximum absolute atomic E-state index is 9.35. The molecule has 0 radical (unpaired) electrons. The molecular weight excluding hydrogens is 258 g/mol. The van der Waals surface area contributed by atoms with Gasteiger partial charge in [0.2, 0.25) is 0 Å². The fourth-order valence-corrected chi connectivity index (χ4v) is 2.46. The van der Waals surface area contributed by atoms with E-state index in [1.54, 1.807) is 0 Å². The van der Waals surface area contributed by atoms with Crippen LogP contribution in [0.4, 0.5) is 5.69 Å². The van der Waals surface area contributed by atoms with Gasteiger partial charge in [-0.15, -0.1) is 11.8 Å². The summed E-state index contributed by atoms with van der Waals surface area (Å²) in [5, 5.41) is 23.1. The van der Waals surface area contributed by atoms with Crippen LogP contribution in [-0.2, 0) is 0 Å². The molecule has 2 N–H and O–H groups in total. The smallest absolute Gasteiger partial charge is 0.116 e. The summed E-state index contributed by atoms with van der Waals surface area (Å²) >= 11 is 1.47. The number of aliphatic hydroxyl groups is 1. The van der Waals surface area contributed by atoms with E-state index in [2.05, 4.69) is 16.4 Å². The normalized spacial score (nSPS) is 10.4. The standard InChI is InChI=1S/C14H15N3OS/c1-19-14-11(9-15)13(16-7-4-8-18)10-5-2-3-6-12(10)17-14/h2-3,5-6,18H,4,7-8H2,1H3,(H,16,17). The number of hydrogen-bond acceptors (Lipinski definition) is 5. The highest BCUT2D eigenvalue weighted by atomic mass is 32.2. The Morgan fingerprint density at radius 1 is 1.42 bits per heavy atom. The average molecular weight is 273 g/mol. The minimum absolute atomic E-state index is 0.132. The molecule has 2 rings (SSSR count). The van der Waals surface area contributed by atoms with E-state index in [4.69, 9.17) is 5.11 Å². The Bertz CT molecular complexity index is 622. The molecule has 4 nitrogen and oxygen atoms in total. The van der Waals surface area contributed by atoms with Gasteiger partial charge in [0.1, 0.15) is 16.7 Å². The Balaban J connectivity index is 2.57. The molecule has 0 atom stereocenters. The molecule has 0 aliphatic rings. The zero-order chi connectivity index (χ0) is 13.7. The number of anilines is 1. The number of para-hydroxylation sites is 1. The lowest BCUT2D eigenvalue weighted by Gasteiger charge is -2.13. The van der Waals surface area contributed by atoms with Crippen LogP contribution in [0.15, 0.2) is 29.3 Å². The van der Waals surface area contributed by atoms with Gasteiger partial charge in [0.15, 0.2) is 0 Å². The fourth-order valence-electron chi connectivity index (χ4n) is 1.92. The summed E-state index contributed by atoms with van der Waals surface area (Å²) in [4.78, 5) is 4.50. The molecule has 0 fully saturated rings. The van der Waals surface area contributed by atoms with Crippen molar-refractivity contribution < 1.29 is 5.11 Å². The lowest BCUT2D eigenvalue weighted by Crippen LogP contribution is -2.07. The number of pyridine rings is 1. The lowest BCUT2D eigenvalue weighted by molar-refractivity contribution is 0.292. The van der Waals surface area contributed by atoms with E-state index in [1.165, 1.54) is 11.8 Å². The Morgan fingerprint density at radius 3 is 2.89 bits per heavy atom. The minimum Gasteiger partial charge on any atom is -0.396 e. The number of benzene rings is 1. The van der Waals surface area contributed by atoms with E-state index >= 15 is 0 Å². The molecule has 0 aliphatic heterocycles. The fraction of sp³-hybridized carbons (Fsp3) is 0.286. The third-order valence-electron chi connectivity index (χ3n) is 2.80. The molecule has 19 heavy (non-hydrogen) atoms. The number of fused-ring (bicyclic) bond motifs is 1. The molecule has 1 aromatic carbocycles. The van der Waals surface area contributed by atoms with E-state index in [1.807, 2.05) is 30.5 Å². The van der Waals surface area contributed by atoms with Crippen LogP contribution in [-0.4, -0.2) is 29.5 Å². The Labute approximate surface area is 116 Å². The molecule has 0 bridgehead atoms. The van der Waals surface area contributed by atoms with Gasteiger partial charge in [0, 0.05) is 18.5 Å². The summed E-state index contributed by atoms with van der Waals surface area (Å²) < 4.78 is 0. The summed E-state index contributed by atoms with van der Waals surface area (Å²) in [6.45, 7) is 0.764. The van der Waals surface area contributed by atoms with Crippen molar-refractivity contribution in [1.29, 1.82) is 5.26 Å². The molecule has 1 heterocycles. The zero-order valence-corrected chi connectivity index (χ0v) is 11.5. The largest absolute Gasteiger partial charge is 0.396 e. The summed E-state index contributed by atoms with van der Waals surface area (Å²) in [6.07, 6.45) is 2.56. The average Bonchev–Trinajstić information content (AvgIpc) is 2.46. The van der Waals surface area contributed by atoms with Gasteiger partial charge in [-0.25, -0.2) is 4.98 Å². The quantitative estimate of drug-likeness (QED) is 0.647. The molecule has 0 saturated carbocycles. The predicted octanol–water partition coefficient (Wildman–Crippen LogP) is 2.62. The Morgan fingerprint density at radius 2 is 2.21 bits per heavy atom. The molecule has 1 aromatic heterocycles. The van der Waals surface area contributed by atoms with Crippen molar-refractivity contribution in [2.75, 3.05) is 24.7 Å². The van der Waals surface area contributed by atoms with Gasteiger partial charge in [-0.3, -0.25) is 0 Å². The number of aromatic nitrogens is 1. The number of nitriles is 1. The van der Waals surface area contributed by atoms with E-state index < -0.39 is 0 Å². The number of thioether (sulfide) groups is 1. The van der Waals surface area contributed by atoms with Crippen LogP contribution in [0, 0.1) is 11.3 Å². The van der Waals surface area contributed by atoms with Crippen molar-refractivity contribution in [3.63, 3.8) is 0 Å². The van der Waals surface area contributed by atoms with Crippen LogP contribution in [0.25, 0.3) is 10.9 Å². The monoisotopic (exact) mass is 273 g/mol. The van der Waals surface area contributed by atoms with Gasteiger partial charge in [-0.1, -0.05) is 18.2 Å². The molecule has 0 aliphatic carbocycles. The molecule has 0 saturated heterocycles. The maximum atomic E-state index is 9.35. The highest BCUT2D eigenvalue weighted by molar-refractivity contribution is 7.98. The summed E-state index contributed by atoms with van der Waals surface area (Å²) in [5.41, 5.74) is 2.26. The summed E-state index contributed by atoms with van der Waals surface area (Å²) in [7, 11) is 0. The summed E-state index contributed by atoms with van der Waals surface area (Å²) in [5.74, 6) is 0. The van der Waals surface area contributed by atoms with Crippen LogP contribution >= 0.6 is 11.8 Å². The van der Waals surface area contributed by atoms with Gasteiger partial charge in [-0.05, 0) is 18.7 Å². The third kappa shape index (κ3) is 2.80. The Hall–Kier alpha value is -1.77. The van der Waals surface area contributed by atoms with E-state index in [-0.39, 0.29) is 6.61 Å². The van der Waals surface area contributed by atoms with Crippen LogP contribution in [0.3, 0.4) is 0 Å². The number of nitrogens with zero attached hydrogens (tertiary/aromatic N) is 2. The third-order valence-corrected chi connectivity index (χ3v) is 3.48. The van der Waals surface area contributed by atoms with Crippen molar-refractivity contribution in [2.24, 2.45) is 0 Å². The van der Waals surface area contributed by atoms with Gasteiger partial charge in [0.05, 0.1) is 11.2 Å². The second-order valence-corrected chi connectivity index (χ2v) is 4.80. The van der Waals surface area contributed by atoms with Crippen LogP contribution < -0.4 is 5.32 Å². The van der Waals surface area contributed by atoms with Crippen molar-refractivity contribution >= 4 is 28.4 Å². The van der Waals surface area contributed by atoms with Crippen LogP contribution in [0.5, 0.6) is 0 Å². The maximum Gasteiger partial charge on any atom is 0.116 e. The first-order valence-corrected chi connectivity index (χ1v) is 7.26. The highest BCUT2D eigenvalue weighted by Gasteiger charge is 2.13. The molecule has 0 spiro atoms. The Kier molecular flexibility index (Phi) is 4.61. The number of nitrogens with one attached hydrogen (secondary N) is 1. The van der Waals surface area contributed by atoms with Gasteiger partial charge < -0.3 is 10.4 Å². The minimum atomic E-state index is 0.132. The van der Waals surface area contributed by atoms with Gasteiger partial charge >= 0.3 is 0 Å². The van der Waals surface area contributed by atoms with Crippen LogP contribution in [0.2, 0.25) is 0 Å². The van der Waals surface area contributed by atoms with Gasteiger partial charge in [0.25, 0.3) is 0 Å². The van der Waals surface area contributed by atoms with Crippen molar-refractivity contribution in [1.82, 2.24) is 4.98 Å². The van der Waals surface area contributed by atoms with E-state index in [0.29, 0.717) is 18.5 Å². The second-order valence-electron chi connectivity index (χ2n) is 4.00. The lowest BCUT2D eigenvalue weighted by atomic mass is 10.1. The number of aliphatic hydroxyl groups excluding tert-OH is 1. The molecule has 2 aromatic rings. The van der Waals surface area contributed by atoms with E-state index in [9.17, 15) is 5.26 Å². The summed E-state index contributed by atoms with van der Waals surface area (Å²) in [6, 6.07) is 9.98. The first kappa shape index (κ1) is 13.7. The van der Waals surface area contributed by atoms with Gasteiger partial charge in [-0.2, -0.15) is 5.26 Å². The molecule has 98 valence electrons. The van der Waals surface area contributed by atoms with Crippen molar-refractivity contribution in [2.45, 2.75) is 11.4 Å². The molecule has 5 heteroatoms. The first-order valence-electron chi connectivity index (χ1n) is 6.03. The first-order chi connectivity index (χ1) is 9.31. The number of rotatable bonds is 5. The number of hydrogen-bond donors (Lipinski definition) is 2. The highest BCUT2D eigenvalue weighted by Crippen LogP contribution is 2.31. The predicted molar refractivity (Wildman–Crippen MR) is 78.4 cm³/mol. The zero-order valence-electron chi connectivity index (χ0n) is 10.7. The van der Waals surface area contributed by atoms with Crippen LogP contribution in [0.1, 0.15) is 12.0 Å². The van der Waals surface area contributed by atoms with Crippen molar-refractivity contribution in [3.05, 3.63) is 29.8 Å². The SMILES string of the molecule is CSc1nc2ccccc2c(NCCCO)c1C#N. The van der Waals surface area contributed by atoms with E-state index in [0.717, 1.165) is 21.6 Å². The second kappa shape index (κ2) is 6.41.